The van der Waals surface area contributed by atoms with Gasteiger partial charge in [0, 0.05) is 48.4 Å². The Morgan fingerprint density at radius 1 is 1.00 bits per heavy atom. The average molecular weight is 714 g/mol. The van der Waals surface area contributed by atoms with Gasteiger partial charge in [-0.05, 0) is 73.2 Å². The molecule has 2 aliphatic heterocycles. The highest BCUT2D eigenvalue weighted by Gasteiger charge is 2.48. The summed E-state index contributed by atoms with van der Waals surface area (Å²) in [6, 6.07) is 22.5. The Kier molecular flexibility index (Phi) is 11.7. The number of rotatable bonds is 7. The Bertz CT molecular complexity index is 1750. The topological polar surface area (TPSA) is 128 Å². The number of fused-ring (bicyclic) bond motifs is 3. The number of nitrogens with two attached hydrogens (primary N) is 1. The summed E-state index contributed by atoms with van der Waals surface area (Å²) in [7, 11) is 0. The van der Waals surface area contributed by atoms with E-state index in [1.165, 1.54) is 41.0 Å². The second-order valence-electron chi connectivity index (χ2n) is 12.5. The van der Waals surface area contributed by atoms with E-state index in [4.69, 9.17) is 15.5 Å². The molecular formula is C35H39Cl3N6O4. The Labute approximate surface area is 298 Å². The van der Waals surface area contributed by atoms with Gasteiger partial charge < -0.3 is 15.4 Å². The maximum absolute atomic E-state index is 13.1. The summed E-state index contributed by atoms with van der Waals surface area (Å²) in [5.74, 6) is 0.395. The zero-order valence-corrected chi connectivity index (χ0v) is 28.9. The summed E-state index contributed by atoms with van der Waals surface area (Å²) in [6.07, 6.45) is 3.67. The number of nitro groups is 1. The second-order valence-corrected chi connectivity index (χ2v) is 12.5. The average Bonchev–Trinajstić information content (AvgIpc) is 3.56. The summed E-state index contributed by atoms with van der Waals surface area (Å²) in [5.41, 5.74) is 13.2. The number of carbonyl (C=O) groups is 1. The fraction of sp³-hybridized carbons (Fsp3) is 0.343. The third-order valence-corrected chi connectivity index (χ3v) is 9.77. The lowest BCUT2D eigenvalue weighted by Crippen LogP contribution is -2.44. The third-order valence-electron chi connectivity index (χ3n) is 9.77. The van der Waals surface area contributed by atoms with E-state index in [1.54, 1.807) is 6.33 Å². The smallest absolute Gasteiger partial charge is 0.338 e. The summed E-state index contributed by atoms with van der Waals surface area (Å²) in [4.78, 5) is 38.0. The quantitative estimate of drug-likeness (QED) is 0.120. The molecule has 0 saturated carbocycles. The van der Waals surface area contributed by atoms with Crippen molar-refractivity contribution < 1.29 is 14.5 Å². The van der Waals surface area contributed by atoms with Crippen LogP contribution in [0.2, 0.25) is 0 Å². The lowest BCUT2D eigenvalue weighted by molar-refractivity contribution is -0.384. The van der Waals surface area contributed by atoms with Gasteiger partial charge in [-0.2, -0.15) is 0 Å². The minimum absolute atomic E-state index is 0. The largest absolute Gasteiger partial charge is 0.452 e. The summed E-state index contributed by atoms with van der Waals surface area (Å²) in [5, 5.41) is 11.0. The molecule has 0 bridgehead atoms. The van der Waals surface area contributed by atoms with Gasteiger partial charge in [-0.25, -0.2) is 14.8 Å². The van der Waals surface area contributed by atoms with Crippen molar-refractivity contribution in [1.29, 1.82) is 0 Å². The van der Waals surface area contributed by atoms with Gasteiger partial charge in [0.05, 0.1) is 16.2 Å². The van der Waals surface area contributed by atoms with Crippen LogP contribution in [-0.2, 0) is 23.2 Å². The molecule has 13 heteroatoms. The molecule has 0 amide bonds. The van der Waals surface area contributed by atoms with Crippen molar-refractivity contribution in [1.82, 2.24) is 14.9 Å². The number of non-ortho nitro benzene ring substituents is 1. The fourth-order valence-electron chi connectivity index (χ4n) is 7.55. The fourth-order valence-corrected chi connectivity index (χ4v) is 7.55. The van der Waals surface area contributed by atoms with E-state index in [0.29, 0.717) is 13.0 Å². The summed E-state index contributed by atoms with van der Waals surface area (Å²) in [6.45, 7) is 6.35. The van der Waals surface area contributed by atoms with E-state index >= 15 is 0 Å². The van der Waals surface area contributed by atoms with Crippen LogP contribution in [0.5, 0.6) is 0 Å². The Hall–Kier alpha value is -3.80. The van der Waals surface area contributed by atoms with Crippen LogP contribution >= 0.6 is 37.2 Å². The van der Waals surface area contributed by atoms with Crippen LogP contribution in [0.25, 0.3) is 0 Å². The van der Waals surface area contributed by atoms with E-state index < -0.39 is 17.0 Å². The molecule has 3 aromatic carbocycles. The molecule has 0 unspecified atom stereocenters. The Morgan fingerprint density at radius 2 is 1.71 bits per heavy atom. The molecule has 4 aromatic rings. The first-order valence-corrected chi connectivity index (χ1v) is 15.5. The molecule has 1 aliphatic carbocycles. The van der Waals surface area contributed by atoms with Crippen molar-refractivity contribution in [3.05, 3.63) is 123 Å². The third kappa shape index (κ3) is 6.73. The molecule has 2 N–H and O–H groups in total. The maximum Gasteiger partial charge on any atom is 0.338 e. The van der Waals surface area contributed by atoms with Gasteiger partial charge in [-0.1, -0.05) is 49.4 Å². The zero-order valence-electron chi connectivity index (χ0n) is 26.5. The summed E-state index contributed by atoms with van der Waals surface area (Å²) >= 11 is 0. The molecule has 0 radical (unpaired) electrons. The molecule has 1 saturated heterocycles. The zero-order chi connectivity index (χ0) is 31.1. The number of anilines is 2. The maximum atomic E-state index is 13.1. The van der Waals surface area contributed by atoms with Gasteiger partial charge >= 0.3 is 5.97 Å². The number of benzene rings is 3. The van der Waals surface area contributed by atoms with Crippen molar-refractivity contribution in [2.75, 3.05) is 24.5 Å². The van der Waals surface area contributed by atoms with Crippen molar-refractivity contribution in [2.24, 2.45) is 5.73 Å². The molecule has 1 spiro atoms. The van der Waals surface area contributed by atoms with Gasteiger partial charge in [-0.15, -0.1) is 37.2 Å². The van der Waals surface area contributed by atoms with Crippen molar-refractivity contribution in [2.45, 2.75) is 56.7 Å². The number of halogens is 3. The molecule has 254 valence electrons. The Balaban J connectivity index is 0.00000173. The highest BCUT2D eigenvalue weighted by molar-refractivity contribution is 5.90. The number of nitrogens with zero attached hydrogens (tertiary/aromatic N) is 5. The number of aromatic nitrogens is 2. The predicted molar refractivity (Wildman–Crippen MR) is 192 cm³/mol. The van der Waals surface area contributed by atoms with Crippen molar-refractivity contribution in [3.8, 4) is 0 Å². The normalized spacial score (nSPS) is 18.9. The standard InChI is InChI=1S/C35H36N6O4.3ClH/c1-23-18-29(45-34(42)25-10-12-27(13-11-25)41(43)44)32-30(23)33(38-22-37-32)40-21-35(31-26(19-36)8-5-9-28(31)40)14-16-39(17-15-35)20-24-6-3-2-4-7-24;;;/h2-13,22-23,29H,14-21,36H2,1H3;3*1H/t23-,29-;;;/m1.../s1. The first-order chi connectivity index (χ1) is 21.9. The lowest BCUT2D eigenvalue weighted by atomic mass is 9.72. The number of ether oxygens (including phenoxy) is 1. The van der Waals surface area contributed by atoms with Gasteiger partial charge in [0.25, 0.3) is 5.69 Å². The van der Waals surface area contributed by atoms with E-state index in [1.807, 2.05) is 0 Å². The first kappa shape index (κ1) is 37.0. The Morgan fingerprint density at radius 3 is 2.38 bits per heavy atom. The minimum Gasteiger partial charge on any atom is -0.452 e. The molecule has 48 heavy (non-hydrogen) atoms. The molecule has 7 rings (SSSR count). The van der Waals surface area contributed by atoms with Crippen LogP contribution < -0.4 is 10.6 Å². The molecule has 1 aromatic heterocycles. The van der Waals surface area contributed by atoms with Crippen LogP contribution in [0.4, 0.5) is 17.2 Å². The van der Waals surface area contributed by atoms with E-state index in [9.17, 15) is 14.9 Å². The SMILES string of the molecule is C[C@@H]1C[C@@H](OC(=O)c2ccc([N+](=O)[O-])cc2)c2ncnc(N3CC4(CCN(Cc5ccccc5)CC4)c4c(CN)cccc43)c21.Cl.Cl.Cl. The van der Waals surface area contributed by atoms with Crippen LogP contribution in [0.1, 0.15) is 76.5 Å². The first-order valence-electron chi connectivity index (χ1n) is 15.5. The van der Waals surface area contributed by atoms with Crippen LogP contribution in [-0.4, -0.2) is 45.4 Å². The molecule has 3 heterocycles. The number of carbonyl (C=O) groups excluding carboxylic acids is 1. The van der Waals surface area contributed by atoms with Gasteiger partial charge in [0.2, 0.25) is 0 Å². The summed E-state index contributed by atoms with van der Waals surface area (Å²) < 4.78 is 5.95. The number of nitro benzene ring substituents is 1. The number of likely N-dealkylation sites (tertiary alicyclic amines) is 1. The van der Waals surface area contributed by atoms with Crippen molar-refractivity contribution >= 4 is 60.4 Å². The highest BCUT2D eigenvalue weighted by atomic mass is 35.5. The number of hydrogen-bond donors (Lipinski definition) is 1. The van der Waals surface area contributed by atoms with E-state index in [0.717, 1.165) is 61.8 Å². The number of piperidine rings is 1. The van der Waals surface area contributed by atoms with Crippen molar-refractivity contribution in [3.63, 3.8) is 0 Å². The van der Waals surface area contributed by atoms with Crippen LogP contribution in [0, 0.1) is 10.1 Å². The van der Waals surface area contributed by atoms with E-state index in [2.05, 4.69) is 70.2 Å². The predicted octanol–water partition coefficient (Wildman–Crippen LogP) is 7.20. The van der Waals surface area contributed by atoms with Gasteiger partial charge in [-0.3, -0.25) is 15.0 Å². The van der Waals surface area contributed by atoms with Crippen LogP contribution in [0.3, 0.4) is 0 Å². The van der Waals surface area contributed by atoms with Crippen LogP contribution in [0.15, 0.2) is 79.1 Å². The molecule has 2 atom stereocenters. The molecule has 10 nitrogen and oxygen atoms in total. The molecular weight excluding hydrogens is 675 g/mol. The van der Waals surface area contributed by atoms with Gasteiger partial charge in [0.1, 0.15) is 18.2 Å². The van der Waals surface area contributed by atoms with Gasteiger partial charge in [0.15, 0.2) is 0 Å². The molecule has 1 fully saturated rings. The second kappa shape index (κ2) is 15.2. The minimum atomic E-state index is -0.535. The highest BCUT2D eigenvalue weighted by Crippen LogP contribution is 2.54. The molecule has 3 aliphatic rings. The van der Waals surface area contributed by atoms with E-state index in [-0.39, 0.29) is 59.8 Å². The number of esters is 1. The lowest BCUT2D eigenvalue weighted by Gasteiger charge is -2.40. The monoisotopic (exact) mass is 712 g/mol. The number of hydrogen-bond acceptors (Lipinski definition) is 9.